The van der Waals surface area contributed by atoms with Gasteiger partial charge in [0.1, 0.15) is 0 Å². The Morgan fingerprint density at radius 3 is 2.21 bits per heavy atom. The molecule has 1 atom stereocenters. The molecule has 0 saturated heterocycles. The third-order valence-corrected chi connectivity index (χ3v) is 3.23. The summed E-state index contributed by atoms with van der Waals surface area (Å²) in [4.78, 5) is 0. The molecule has 0 rings (SSSR count). The smallest absolute Gasteiger partial charge is 0.212 e. The van der Waals surface area contributed by atoms with E-state index < -0.39 is 22.7 Å². The maximum atomic E-state index is 11.4. The number of hydrogen-bond acceptors (Lipinski definition) is 4. The van der Waals surface area contributed by atoms with E-state index in [0.29, 0.717) is 0 Å². The largest absolute Gasteiger partial charge is 0.394 e. The van der Waals surface area contributed by atoms with Crippen molar-refractivity contribution in [1.82, 2.24) is 4.72 Å². The molecule has 6 heteroatoms. The fourth-order valence-electron chi connectivity index (χ4n) is 0.909. The van der Waals surface area contributed by atoms with Gasteiger partial charge in [-0.2, -0.15) is 0 Å². The maximum absolute atomic E-state index is 11.4. The summed E-state index contributed by atoms with van der Waals surface area (Å²) < 4.78 is 25.0. The van der Waals surface area contributed by atoms with Gasteiger partial charge in [-0.3, -0.25) is 0 Å². The molecule has 86 valence electrons. The molecule has 0 saturated carbocycles. The monoisotopic (exact) mass is 225 g/mol. The second-order valence-electron chi connectivity index (χ2n) is 4.50. The van der Waals surface area contributed by atoms with Crippen LogP contribution in [0.25, 0.3) is 0 Å². The Labute approximate surface area is 85.2 Å². The summed E-state index contributed by atoms with van der Waals surface area (Å²) in [5.41, 5.74) is -0.323. The highest BCUT2D eigenvalue weighted by molar-refractivity contribution is 7.89. The minimum atomic E-state index is -3.37. The molecule has 0 aromatic heterocycles. The predicted molar refractivity (Wildman–Crippen MR) is 54.3 cm³/mol. The van der Waals surface area contributed by atoms with Crippen molar-refractivity contribution >= 4 is 10.0 Å². The van der Waals surface area contributed by atoms with Crippen molar-refractivity contribution in [2.24, 2.45) is 5.41 Å². The minimum Gasteiger partial charge on any atom is -0.394 e. The highest BCUT2D eigenvalue weighted by atomic mass is 32.2. The van der Waals surface area contributed by atoms with Crippen molar-refractivity contribution in [2.75, 3.05) is 18.9 Å². The summed E-state index contributed by atoms with van der Waals surface area (Å²) in [6, 6.07) is 0. The lowest BCUT2D eigenvalue weighted by Gasteiger charge is -2.18. The number of sulfonamides is 1. The molecule has 0 bridgehead atoms. The first kappa shape index (κ1) is 13.8. The third-order valence-electron chi connectivity index (χ3n) is 1.37. The van der Waals surface area contributed by atoms with E-state index in [0.717, 1.165) is 0 Å². The summed E-state index contributed by atoms with van der Waals surface area (Å²) >= 11 is 0. The first-order valence-electron chi connectivity index (χ1n) is 4.42. The van der Waals surface area contributed by atoms with E-state index in [1.165, 1.54) is 0 Å². The molecule has 0 fully saturated rings. The van der Waals surface area contributed by atoms with Crippen molar-refractivity contribution in [3.63, 3.8) is 0 Å². The average molecular weight is 225 g/mol. The van der Waals surface area contributed by atoms with Gasteiger partial charge in [0.25, 0.3) is 0 Å². The predicted octanol–water partition coefficient (Wildman–Crippen LogP) is -0.695. The topological polar surface area (TPSA) is 86.6 Å². The normalized spacial score (nSPS) is 15.5. The van der Waals surface area contributed by atoms with Crippen LogP contribution in [-0.2, 0) is 10.0 Å². The van der Waals surface area contributed by atoms with E-state index in [1.54, 1.807) is 0 Å². The van der Waals surface area contributed by atoms with Gasteiger partial charge in [-0.05, 0) is 5.41 Å². The fourth-order valence-corrected chi connectivity index (χ4v) is 2.60. The molecule has 0 radical (unpaired) electrons. The number of aliphatic hydroxyl groups excluding tert-OH is 2. The fraction of sp³-hybridized carbons (Fsp3) is 1.00. The zero-order chi connectivity index (χ0) is 11.4. The molecular weight excluding hydrogens is 206 g/mol. The molecule has 0 aliphatic carbocycles. The summed E-state index contributed by atoms with van der Waals surface area (Å²) in [5.74, 6) is -0.00184. The molecule has 0 aromatic rings. The van der Waals surface area contributed by atoms with Gasteiger partial charge in [-0.25, -0.2) is 13.1 Å². The van der Waals surface area contributed by atoms with E-state index in [2.05, 4.69) is 4.72 Å². The van der Waals surface area contributed by atoms with Gasteiger partial charge in [-0.15, -0.1) is 0 Å². The number of rotatable bonds is 5. The van der Waals surface area contributed by atoms with Gasteiger partial charge >= 0.3 is 0 Å². The summed E-state index contributed by atoms with van der Waals surface area (Å²) in [5, 5.41) is 17.4. The number of hydrogen-bond donors (Lipinski definition) is 3. The summed E-state index contributed by atoms with van der Waals surface area (Å²) in [6.45, 7) is 4.85. The van der Waals surface area contributed by atoms with Crippen LogP contribution in [-0.4, -0.2) is 43.6 Å². The van der Waals surface area contributed by atoms with Crippen LogP contribution in [0.15, 0.2) is 0 Å². The lowest BCUT2D eigenvalue weighted by molar-refractivity contribution is 0.0988. The SMILES string of the molecule is CC(C)(C)CS(=O)(=O)NCC(O)CO. The van der Waals surface area contributed by atoms with Gasteiger partial charge in [0.2, 0.25) is 10.0 Å². The van der Waals surface area contributed by atoms with Crippen LogP contribution in [0, 0.1) is 5.41 Å². The highest BCUT2D eigenvalue weighted by Gasteiger charge is 2.21. The Balaban J connectivity index is 4.10. The molecule has 0 heterocycles. The van der Waals surface area contributed by atoms with Gasteiger partial charge in [0.15, 0.2) is 0 Å². The Hall–Kier alpha value is -0.170. The minimum absolute atomic E-state index is 0.00184. The standard InChI is InChI=1S/C8H19NO4S/c1-8(2,3)6-14(12,13)9-4-7(11)5-10/h7,9-11H,4-6H2,1-3H3. The molecule has 0 amide bonds. The first-order chi connectivity index (χ1) is 6.16. The molecular formula is C8H19NO4S. The molecule has 3 N–H and O–H groups in total. The molecule has 0 aliphatic rings. The van der Waals surface area contributed by atoms with Crippen molar-refractivity contribution in [3.8, 4) is 0 Å². The van der Waals surface area contributed by atoms with E-state index >= 15 is 0 Å². The van der Waals surface area contributed by atoms with Crippen LogP contribution in [0.5, 0.6) is 0 Å². The summed E-state index contributed by atoms with van der Waals surface area (Å²) in [7, 11) is -3.37. The van der Waals surface area contributed by atoms with Crippen molar-refractivity contribution < 1.29 is 18.6 Å². The first-order valence-corrected chi connectivity index (χ1v) is 6.08. The van der Waals surface area contributed by atoms with Crippen molar-refractivity contribution in [2.45, 2.75) is 26.9 Å². The van der Waals surface area contributed by atoms with Gasteiger partial charge in [0, 0.05) is 6.54 Å². The quantitative estimate of drug-likeness (QED) is 0.578. The Morgan fingerprint density at radius 1 is 1.36 bits per heavy atom. The van der Waals surface area contributed by atoms with Crippen LogP contribution in [0.4, 0.5) is 0 Å². The van der Waals surface area contributed by atoms with Crippen LogP contribution < -0.4 is 4.72 Å². The number of nitrogens with one attached hydrogen (secondary N) is 1. The Kier molecular flexibility index (Phi) is 5.00. The molecule has 0 aromatic carbocycles. The molecule has 0 aliphatic heterocycles. The Morgan fingerprint density at radius 2 is 1.86 bits per heavy atom. The van der Waals surface area contributed by atoms with Gasteiger partial charge in [0.05, 0.1) is 18.5 Å². The highest BCUT2D eigenvalue weighted by Crippen LogP contribution is 2.14. The van der Waals surface area contributed by atoms with Crippen LogP contribution >= 0.6 is 0 Å². The van der Waals surface area contributed by atoms with E-state index in [1.807, 2.05) is 20.8 Å². The van der Waals surface area contributed by atoms with E-state index in [-0.39, 0.29) is 17.7 Å². The number of aliphatic hydroxyl groups is 2. The third kappa shape index (κ3) is 7.25. The molecule has 5 nitrogen and oxygen atoms in total. The zero-order valence-corrected chi connectivity index (χ0v) is 9.63. The lowest BCUT2D eigenvalue weighted by atomic mass is 10.0. The zero-order valence-electron chi connectivity index (χ0n) is 8.82. The second-order valence-corrected chi connectivity index (χ2v) is 6.31. The van der Waals surface area contributed by atoms with E-state index in [4.69, 9.17) is 10.2 Å². The van der Waals surface area contributed by atoms with Crippen LogP contribution in [0.1, 0.15) is 20.8 Å². The van der Waals surface area contributed by atoms with E-state index in [9.17, 15) is 8.42 Å². The second kappa shape index (κ2) is 5.06. The van der Waals surface area contributed by atoms with Gasteiger partial charge < -0.3 is 10.2 Å². The molecule has 14 heavy (non-hydrogen) atoms. The van der Waals surface area contributed by atoms with Crippen LogP contribution in [0.2, 0.25) is 0 Å². The Bertz CT molecular complexity index is 255. The van der Waals surface area contributed by atoms with Crippen LogP contribution in [0.3, 0.4) is 0 Å². The van der Waals surface area contributed by atoms with Crippen molar-refractivity contribution in [1.29, 1.82) is 0 Å². The molecule has 1 unspecified atom stereocenters. The lowest BCUT2D eigenvalue weighted by Crippen LogP contribution is -2.38. The molecule has 0 spiro atoms. The summed E-state index contributed by atoms with van der Waals surface area (Å²) in [6.07, 6.45) is -1.04. The maximum Gasteiger partial charge on any atom is 0.212 e. The van der Waals surface area contributed by atoms with Crippen molar-refractivity contribution in [3.05, 3.63) is 0 Å². The average Bonchev–Trinajstić information content (AvgIpc) is 1.96. The van der Waals surface area contributed by atoms with Gasteiger partial charge in [-0.1, -0.05) is 20.8 Å².